The van der Waals surface area contributed by atoms with Crippen LogP contribution in [0.5, 0.6) is 17.2 Å². The number of halogens is 1. The molecule has 0 aliphatic rings. The standard InChI is InChI=1S/C10H11BrN2O3/c1-14-7-5-13-8(6(11)4-12)10(16-3)9(7)15-2/h5-6H,1-3H3. The Bertz CT molecular complexity index is 417. The summed E-state index contributed by atoms with van der Waals surface area (Å²) in [4.78, 5) is 3.55. The number of rotatable bonds is 4. The minimum atomic E-state index is -0.553. The summed E-state index contributed by atoms with van der Waals surface area (Å²) in [6, 6.07) is 2.02. The average molecular weight is 287 g/mol. The molecule has 0 bridgehead atoms. The first-order valence-corrected chi connectivity index (χ1v) is 5.29. The molecule has 0 aromatic carbocycles. The zero-order chi connectivity index (χ0) is 12.1. The van der Waals surface area contributed by atoms with E-state index in [0.29, 0.717) is 22.9 Å². The van der Waals surface area contributed by atoms with Gasteiger partial charge in [0.15, 0.2) is 11.5 Å². The first kappa shape index (κ1) is 12.6. The van der Waals surface area contributed by atoms with Crippen molar-refractivity contribution in [3.8, 4) is 23.3 Å². The SMILES string of the molecule is COc1cnc(C(Br)C#N)c(OC)c1OC. The van der Waals surface area contributed by atoms with Crippen molar-refractivity contribution in [3.05, 3.63) is 11.9 Å². The third kappa shape index (κ3) is 2.19. The monoisotopic (exact) mass is 286 g/mol. The fraction of sp³-hybridized carbons (Fsp3) is 0.400. The number of pyridine rings is 1. The highest BCUT2D eigenvalue weighted by atomic mass is 79.9. The van der Waals surface area contributed by atoms with Crippen molar-refractivity contribution in [1.82, 2.24) is 4.98 Å². The van der Waals surface area contributed by atoms with Crippen molar-refractivity contribution in [3.63, 3.8) is 0 Å². The van der Waals surface area contributed by atoms with E-state index in [-0.39, 0.29) is 0 Å². The number of ether oxygens (including phenoxy) is 3. The summed E-state index contributed by atoms with van der Waals surface area (Å²) in [6.07, 6.45) is 1.49. The van der Waals surface area contributed by atoms with Gasteiger partial charge in [0, 0.05) is 0 Å². The molecular weight excluding hydrogens is 276 g/mol. The van der Waals surface area contributed by atoms with Crippen molar-refractivity contribution >= 4 is 15.9 Å². The molecule has 0 N–H and O–H groups in total. The van der Waals surface area contributed by atoms with E-state index in [4.69, 9.17) is 19.5 Å². The summed E-state index contributed by atoms with van der Waals surface area (Å²) in [6.45, 7) is 0. The second-order valence-electron chi connectivity index (χ2n) is 2.77. The quantitative estimate of drug-likeness (QED) is 0.793. The molecule has 0 radical (unpaired) electrons. The fourth-order valence-corrected chi connectivity index (χ4v) is 1.58. The van der Waals surface area contributed by atoms with E-state index in [2.05, 4.69) is 20.9 Å². The van der Waals surface area contributed by atoms with Crippen molar-refractivity contribution in [1.29, 1.82) is 5.26 Å². The molecule has 16 heavy (non-hydrogen) atoms. The number of methoxy groups -OCH3 is 3. The van der Waals surface area contributed by atoms with Crippen molar-refractivity contribution < 1.29 is 14.2 Å². The number of hydrogen-bond acceptors (Lipinski definition) is 5. The number of aromatic nitrogens is 1. The highest BCUT2D eigenvalue weighted by Gasteiger charge is 2.21. The zero-order valence-corrected chi connectivity index (χ0v) is 10.7. The maximum atomic E-state index is 8.83. The minimum Gasteiger partial charge on any atom is -0.491 e. The molecule has 0 saturated carbocycles. The third-order valence-electron chi connectivity index (χ3n) is 1.97. The van der Waals surface area contributed by atoms with Crippen LogP contribution >= 0.6 is 15.9 Å². The van der Waals surface area contributed by atoms with Crippen LogP contribution in [0.3, 0.4) is 0 Å². The molecule has 0 fully saturated rings. The summed E-state index contributed by atoms with van der Waals surface area (Å²) < 4.78 is 15.4. The van der Waals surface area contributed by atoms with Gasteiger partial charge < -0.3 is 14.2 Å². The molecular formula is C10H11BrN2O3. The molecule has 86 valence electrons. The van der Waals surface area contributed by atoms with Crippen LogP contribution in [0.2, 0.25) is 0 Å². The lowest BCUT2D eigenvalue weighted by atomic mass is 10.2. The van der Waals surface area contributed by atoms with Gasteiger partial charge in [-0.05, 0) is 0 Å². The van der Waals surface area contributed by atoms with E-state index < -0.39 is 4.83 Å². The Morgan fingerprint density at radius 1 is 1.25 bits per heavy atom. The molecule has 0 amide bonds. The Labute approximate surface area is 102 Å². The summed E-state index contributed by atoms with van der Waals surface area (Å²) in [5.74, 6) is 1.28. The van der Waals surface area contributed by atoms with E-state index in [1.54, 1.807) is 0 Å². The molecule has 1 heterocycles. The van der Waals surface area contributed by atoms with Crippen LogP contribution in [0, 0.1) is 11.3 Å². The molecule has 0 spiro atoms. The van der Waals surface area contributed by atoms with Gasteiger partial charge in [0.25, 0.3) is 0 Å². The van der Waals surface area contributed by atoms with E-state index in [1.807, 2.05) is 6.07 Å². The molecule has 6 heteroatoms. The largest absolute Gasteiger partial charge is 0.491 e. The van der Waals surface area contributed by atoms with Crippen LogP contribution in [0.4, 0.5) is 0 Å². The molecule has 1 unspecified atom stereocenters. The zero-order valence-electron chi connectivity index (χ0n) is 9.15. The number of nitriles is 1. The highest BCUT2D eigenvalue weighted by Crippen LogP contribution is 2.42. The van der Waals surface area contributed by atoms with E-state index >= 15 is 0 Å². The molecule has 5 nitrogen and oxygen atoms in total. The molecule has 0 saturated heterocycles. The number of hydrogen-bond donors (Lipinski definition) is 0. The van der Waals surface area contributed by atoms with Crippen LogP contribution in [-0.2, 0) is 0 Å². The smallest absolute Gasteiger partial charge is 0.206 e. The lowest BCUT2D eigenvalue weighted by molar-refractivity contribution is 0.319. The van der Waals surface area contributed by atoms with Crippen molar-refractivity contribution in [2.24, 2.45) is 0 Å². The average Bonchev–Trinajstić information content (AvgIpc) is 2.35. The van der Waals surface area contributed by atoms with Crippen LogP contribution in [0.1, 0.15) is 10.5 Å². The van der Waals surface area contributed by atoms with Gasteiger partial charge in [-0.25, -0.2) is 0 Å². The van der Waals surface area contributed by atoms with Crippen LogP contribution in [0.25, 0.3) is 0 Å². The summed E-state index contributed by atoms with van der Waals surface area (Å²) in [5.41, 5.74) is 0.461. The van der Waals surface area contributed by atoms with Crippen LogP contribution in [0.15, 0.2) is 6.20 Å². The summed E-state index contributed by atoms with van der Waals surface area (Å²) in [7, 11) is 4.49. The second-order valence-corrected chi connectivity index (χ2v) is 3.69. The van der Waals surface area contributed by atoms with E-state index in [9.17, 15) is 0 Å². The lowest BCUT2D eigenvalue weighted by Gasteiger charge is -2.14. The normalized spacial score (nSPS) is 11.4. The maximum absolute atomic E-state index is 8.83. The van der Waals surface area contributed by atoms with Crippen molar-refractivity contribution in [2.45, 2.75) is 4.83 Å². The molecule has 1 aromatic heterocycles. The third-order valence-corrected chi connectivity index (χ3v) is 2.60. The first-order chi connectivity index (χ1) is 7.69. The Kier molecular flexibility index (Phi) is 4.38. The molecule has 0 aliphatic carbocycles. The van der Waals surface area contributed by atoms with Gasteiger partial charge in [-0.2, -0.15) is 5.26 Å². The Hall–Kier alpha value is -1.48. The summed E-state index contributed by atoms with van der Waals surface area (Å²) in [5, 5.41) is 8.83. The fourth-order valence-electron chi connectivity index (χ4n) is 1.25. The Balaban J connectivity index is 3.38. The van der Waals surface area contributed by atoms with Gasteiger partial charge in [-0.15, -0.1) is 0 Å². The number of alkyl halides is 1. The molecule has 1 atom stereocenters. The van der Waals surface area contributed by atoms with Gasteiger partial charge in [0.05, 0.1) is 33.6 Å². The summed E-state index contributed by atoms with van der Waals surface area (Å²) >= 11 is 3.19. The predicted molar refractivity (Wildman–Crippen MR) is 61.2 cm³/mol. The maximum Gasteiger partial charge on any atom is 0.206 e. The van der Waals surface area contributed by atoms with Crippen LogP contribution < -0.4 is 14.2 Å². The number of nitrogens with zero attached hydrogens (tertiary/aromatic N) is 2. The topological polar surface area (TPSA) is 64.4 Å². The Morgan fingerprint density at radius 3 is 2.31 bits per heavy atom. The predicted octanol–water partition coefficient (Wildman–Crippen LogP) is 2.07. The highest BCUT2D eigenvalue weighted by molar-refractivity contribution is 9.09. The van der Waals surface area contributed by atoms with Gasteiger partial charge in [-0.1, -0.05) is 15.9 Å². The van der Waals surface area contributed by atoms with Crippen molar-refractivity contribution in [2.75, 3.05) is 21.3 Å². The van der Waals surface area contributed by atoms with Crippen LogP contribution in [-0.4, -0.2) is 26.3 Å². The molecule has 1 aromatic rings. The van der Waals surface area contributed by atoms with E-state index in [0.717, 1.165) is 0 Å². The second kappa shape index (κ2) is 5.56. The first-order valence-electron chi connectivity index (χ1n) is 4.38. The molecule has 0 aliphatic heterocycles. The van der Waals surface area contributed by atoms with Gasteiger partial charge in [-0.3, -0.25) is 4.98 Å². The van der Waals surface area contributed by atoms with Gasteiger partial charge in [0.2, 0.25) is 5.75 Å². The lowest BCUT2D eigenvalue weighted by Crippen LogP contribution is -2.02. The molecule has 1 rings (SSSR count). The minimum absolute atomic E-state index is 0.394. The Morgan fingerprint density at radius 2 is 1.88 bits per heavy atom. The van der Waals surface area contributed by atoms with Gasteiger partial charge >= 0.3 is 0 Å². The van der Waals surface area contributed by atoms with Gasteiger partial charge in [0.1, 0.15) is 10.5 Å². The van der Waals surface area contributed by atoms with E-state index in [1.165, 1.54) is 27.5 Å².